The second-order valence-corrected chi connectivity index (χ2v) is 6.29. The maximum Gasteiger partial charge on any atom is 0.0658 e. The van der Waals surface area contributed by atoms with E-state index in [0.717, 1.165) is 16.3 Å². The molecular weight excluding hydrogens is 276 g/mol. The van der Waals surface area contributed by atoms with Gasteiger partial charge in [0, 0.05) is 28.0 Å². The minimum atomic E-state index is -0.379. The molecule has 0 spiro atoms. The molecule has 2 atom stereocenters. The Morgan fingerprint density at radius 1 is 1.16 bits per heavy atom. The van der Waals surface area contributed by atoms with Crippen LogP contribution in [0.25, 0.3) is 0 Å². The van der Waals surface area contributed by atoms with Gasteiger partial charge >= 0.3 is 0 Å². The van der Waals surface area contributed by atoms with Gasteiger partial charge < -0.3 is 5.11 Å². The van der Waals surface area contributed by atoms with Gasteiger partial charge in [0.15, 0.2) is 0 Å². The van der Waals surface area contributed by atoms with Gasteiger partial charge in [0.05, 0.1) is 6.10 Å². The lowest BCUT2D eigenvalue weighted by atomic mass is 9.91. The summed E-state index contributed by atoms with van der Waals surface area (Å²) in [6.07, 6.45) is 0.232. The van der Waals surface area contributed by atoms with Crippen LogP contribution in [0.3, 0.4) is 0 Å². The highest BCUT2D eigenvalue weighted by Crippen LogP contribution is 2.41. The summed E-state index contributed by atoms with van der Waals surface area (Å²) >= 11 is 7.98. The molecule has 0 saturated carbocycles. The first-order chi connectivity index (χ1) is 9.25. The van der Waals surface area contributed by atoms with Crippen molar-refractivity contribution in [2.45, 2.75) is 23.3 Å². The summed E-state index contributed by atoms with van der Waals surface area (Å²) in [5.41, 5.74) is 2.29. The summed E-state index contributed by atoms with van der Waals surface area (Å²) in [6, 6.07) is 16.1. The van der Waals surface area contributed by atoms with Gasteiger partial charge in [-0.3, -0.25) is 0 Å². The summed E-state index contributed by atoms with van der Waals surface area (Å²) in [7, 11) is 0. The zero-order valence-corrected chi connectivity index (χ0v) is 12.0. The van der Waals surface area contributed by atoms with E-state index in [1.807, 2.05) is 42.1 Å². The van der Waals surface area contributed by atoms with Gasteiger partial charge in [0.25, 0.3) is 0 Å². The van der Waals surface area contributed by atoms with Gasteiger partial charge in [0.2, 0.25) is 0 Å². The van der Waals surface area contributed by atoms with Gasteiger partial charge in [-0.15, -0.1) is 11.8 Å². The Morgan fingerprint density at radius 2 is 1.89 bits per heavy atom. The fourth-order valence-electron chi connectivity index (χ4n) is 2.54. The number of benzene rings is 2. The lowest BCUT2D eigenvalue weighted by Gasteiger charge is -2.19. The highest BCUT2D eigenvalue weighted by atomic mass is 35.5. The van der Waals surface area contributed by atoms with E-state index in [2.05, 4.69) is 18.2 Å². The van der Waals surface area contributed by atoms with Crippen molar-refractivity contribution in [3.63, 3.8) is 0 Å². The van der Waals surface area contributed by atoms with E-state index < -0.39 is 0 Å². The van der Waals surface area contributed by atoms with Crippen molar-refractivity contribution in [3.05, 3.63) is 64.7 Å². The third-order valence-electron chi connectivity index (χ3n) is 3.59. The molecule has 0 bridgehead atoms. The number of hydrogen-bond donors (Lipinski definition) is 1. The predicted octanol–water partition coefficient (Wildman–Crippen LogP) is 4.13. The molecule has 1 nitrogen and oxygen atoms in total. The minimum absolute atomic E-state index is 0.206. The van der Waals surface area contributed by atoms with Crippen molar-refractivity contribution >= 4 is 23.4 Å². The third-order valence-corrected chi connectivity index (χ3v) is 5.17. The normalized spacial score (nSPS) is 19.2. The zero-order valence-electron chi connectivity index (χ0n) is 10.4. The number of thioether (sulfide) groups is 1. The molecule has 19 heavy (non-hydrogen) atoms. The number of rotatable bonds is 3. The van der Waals surface area contributed by atoms with Crippen LogP contribution in [0.1, 0.15) is 17.0 Å². The van der Waals surface area contributed by atoms with Crippen LogP contribution in [-0.4, -0.2) is 17.0 Å². The molecule has 0 amide bonds. The Labute approximate surface area is 122 Å². The number of aliphatic hydroxyl groups is 1. The Balaban J connectivity index is 1.79. The predicted molar refractivity (Wildman–Crippen MR) is 81.1 cm³/mol. The first-order valence-corrected chi connectivity index (χ1v) is 7.75. The van der Waals surface area contributed by atoms with Crippen molar-refractivity contribution in [2.75, 3.05) is 5.75 Å². The SMILES string of the molecule is OC(Cc1ccccc1Cl)C1CSc2ccccc21. The number of halogens is 1. The smallest absolute Gasteiger partial charge is 0.0658 e. The van der Waals surface area contributed by atoms with Crippen LogP contribution in [0.2, 0.25) is 5.02 Å². The molecule has 1 aliphatic heterocycles. The second-order valence-electron chi connectivity index (χ2n) is 4.82. The van der Waals surface area contributed by atoms with Crippen molar-refractivity contribution in [1.82, 2.24) is 0 Å². The first-order valence-electron chi connectivity index (χ1n) is 6.39. The summed E-state index contributed by atoms with van der Waals surface area (Å²) < 4.78 is 0. The quantitative estimate of drug-likeness (QED) is 0.917. The maximum atomic E-state index is 10.5. The highest BCUT2D eigenvalue weighted by Gasteiger charge is 2.29. The second kappa shape index (κ2) is 5.58. The van der Waals surface area contributed by atoms with E-state index in [9.17, 15) is 5.11 Å². The highest BCUT2D eigenvalue weighted by molar-refractivity contribution is 7.99. The van der Waals surface area contributed by atoms with Gasteiger partial charge in [-0.25, -0.2) is 0 Å². The van der Waals surface area contributed by atoms with E-state index in [4.69, 9.17) is 11.6 Å². The van der Waals surface area contributed by atoms with Gasteiger partial charge in [-0.05, 0) is 23.3 Å². The number of fused-ring (bicyclic) bond motifs is 1. The number of aliphatic hydroxyl groups excluding tert-OH is 1. The monoisotopic (exact) mass is 290 g/mol. The fourth-order valence-corrected chi connectivity index (χ4v) is 4.07. The summed E-state index contributed by atoms with van der Waals surface area (Å²) in [6.45, 7) is 0. The summed E-state index contributed by atoms with van der Waals surface area (Å²) in [4.78, 5) is 1.30. The van der Waals surface area contributed by atoms with Gasteiger partial charge in [-0.2, -0.15) is 0 Å². The molecule has 3 heteroatoms. The number of hydrogen-bond acceptors (Lipinski definition) is 2. The van der Waals surface area contributed by atoms with Crippen molar-refractivity contribution < 1.29 is 5.11 Å². The van der Waals surface area contributed by atoms with Crippen molar-refractivity contribution in [2.24, 2.45) is 0 Å². The lowest BCUT2D eigenvalue weighted by Crippen LogP contribution is -2.21. The molecule has 2 aromatic carbocycles. The molecule has 0 aromatic heterocycles. The average molecular weight is 291 g/mol. The standard InChI is InChI=1S/C16H15ClOS/c17-14-7-3-1-5-11(14)9-15(18)13-10-19-16-8-4-2-6-12(13)16/h1-8,13,15,18H,9-10H2. The van der Waals surface area contributed by atoms with Crippen LogP contribution in [0, 0.1) is 0 Å². The summed E-state index contributed by atoms with van der Waals surface area (Å²) in [5.74, 6) is 1.16. The van der Waals surface area contributed by atoms with E-state index in [0.29, 0.717) is 6.42 Å². The van der Waals surface area contributed by atoms with Crippen LogP contribution < -0.4 is 0 Å². The molecule has 1 heterocycles. The van der Waals surface area contributed by atoms with Crippen molar-refractivity contribution in [3.8, 4) is 0 Å². The molecule has 1 aliphatic rings. The molecular formula is C16H15ClOS. The minimum Gasteiger partial charge on any atom is -0.392 e. The lowest BCUT2D eigenvalue weighted by molar-refractivity contribution is 0.151. The topological polar surface area (TPSA) is 20.2 Å². The molecule has 0 aliphatic carbocycles. The summed E-state index contributed by atoms with van der Waals surface area (Å²) in [5, 5.41) is 11.2. The first kappa shape index (κ1) is 13.0. The Kier molecular flexibility index (Phi) is 3.83. The van der Waals surface area contributed by atoms with Crippen LogP contribution in [0.5, 0.6) is 0 Å². The van der Waals surface area contributed by atoms with Crippen LogP contribution in [0.4, 0.5) is 0 Å². The molecule has 3 rings (SSSR count). The molecule has 2 aromatic rings. The Morgan fingerprint density at radius 3 is 2.74 bits per heavy atom. The van der Waals surface area contributed by atoms with E-state index >= 15 is 0 Å². The average Bonchev–Trinajstić information content (AvgIpc) is 2.85. The van der Waals surface area contributed by atoms with Crippen LogP contribution in [0.15, 0.2) is 53.4 Å². The maximum absolute atomic E-state index is 10.5. The van der Waals surface area contributed by atoms with Gasteiger partial charge in [0.1, 0.15) is 0 Å². The van der Waals surface area contributed by atoms with E-state index in [1.165, 1.54) is 10.5 Å². The Hall–Kier alpha value is -0.960. The van der Waals surface area contributed by atoms with Gasteiger partial charge in [-0.1, -0.05) is 48.0 Å². The molecule has 98 valence electrons. The third kappa shape index (κ3) is 2.66. The molecule has 1 N–H and O–H groups in total. The van der Waals surface area contributed by atoms with Crippen molar-refractivity contribution in [1.29, 1.82) is 0 Å². The molecule has 0 saturated heterocycles. The largest absolute Gasteiger partial charge is 0.392 e. The van der Waals surface area contributed by atoms with E-state index in [-0.39, 0.29) is 12.0 Å². The molecule has 0 fully saturated rings. The Bertz CT molecular complexity index is 584. The van der Waals surface area contributed by atoms with Crippen LogP contribution in [-0.2, 0) is 6.42 Å². The molecule has 2 unspecified atom stereocenters. The van der Waals surface area contributed by atoms with E-state index in [1.54, 1.807) is 0 Å². The molecule has 0 radical (unpaired) electrons. The fraction of sp³-hybridized carbons (Fsp3) is 0.250. The zero-order chi connectivity index (χ0) is 13.2. The van der Waals surface area contributed by atoms with Crippen LogP contribution >= 0.6 is 23.4 Å².